The normalized spacial score (nSPS) is 22.8. The molecule has 1 aliphatic heterocycles. The average Bonchev–Trinajstić information content (AvgIpc) is 3.00. The molecule has 12 heteroatoms. The fourth-order valence-electron chi connectivity index (χ4n) is 4.71. The van der Waals surface area contributed by atoms with Crippen LogP contribution in [0.3, 0.4) is 0 Å². The van der Waals surface area contributed by atoms with Crippen molar-refractivity contribution >= 4 is 12.1 Å². The predicted octanol–water partition coefficient (Wildman–Crippen LogP) is 5.19. The molecule has 0 radical (unpaired) electrons. The zero-order valence-corrected chi connectivity index (χ0v) is 26.5. The Morgan fingerprint density at radius 1 is 0.932 bits per heavy atom. The number of hydrogen-bond donors (Lipinski definition) is 2. The lowest BCUT2D eigenvalue weighted by atomic mass is 9.89. The van der Waals surface area contributed by atoms with Gasteiger partial charge in [0.1, 0.15) is 43.2 Å². The molecule has 10 nitrogen and oxygen atoms in total. The number of ether oxygens (including phenoxy) is 6. The standard InChI is InChI=1S/C32H51F2NO9/c1-5-9-17-39-22-25-27(41-18-10-6-2)28(42-19-11-7-3)26(36)29(44-25)32(33,34)20-24(30(37)40-8-4)35-31(38)43-21-23-15-13-12-14-16-23/h12-16,24-29,36H,5-11,17-22H2,1-4H3,(H,35,38)/t24?,25-,26-,27+,28-,29+/m1/s1. The van der Waals surface area contributed by atoms with E-state index in [9.17, 15) is 14.7 Å². The summed E-state index contributed by atoms with van der Waals surface area (Å²) in [5, 5.41) is 13.5. The topological polar surface area (TPSA) is 122 Å². The Kier molecular flexibility index (Phi) is 17.7. The first-order valence-electron chi connectivity index (χ1n) is 15.8. The zero-order valence-electron chi connectivity index (χ0n) is 26.5. The molecule has 0 bridgehead atoms. The smallest absolute Gasteiger partial charge is 0.408 e. The van der Waals surface area contributed by atoms with Crippen molar-refractivity contribution in [1.82, 2.24) is 5.32 Å². The third-order valence-corrected chi connectivity index (χ3v) is 7.17. The van der Waals surface area contributed by atoms with Crippen LogP contribution in [0, 0.1) is 0 Å². The van der Waals surface area contributed by atoms with Crippen LogP contribution in [0.2, 0.25) is 0 Å². The molecule has 44 heavy (non-hydrogen) atoms. The van der Waals surface area contributed by atoms with Gasteiger partial charge < -0.3 is 38.8 Å². The molecule has 2 rings (SSSR count). The summed E-state index contributed by atoms with van der Waals surface area (Å²) >= 11 is 0. The number of alkyl carbamates (subject to hydrolysis) is 1. The van der Waals surface area contributed by atoms with Gasteiger partial charge in [-0.3, -0.25) is 0 Å². The lowest BCUT2D eigenvalue weighted by Gasteiger charge is -2.46. The van der Waals surface area contributed by atoms with Crippen molar-refractivity contribution in [3.8, 4) is 0 Å². The number of halogens is 2. The van der Waals surface area contributed by atoms with Crippen molar-refractivity contribution in [2.75, 3.05) is 33.0 Å². The second-order valence-electron chi connectivity index (χ2n) is 10.9. The van der Waals surface area contributed by atoms with E-state index in [1.54, 1.807) is 30.3 Å². The monoisotopic (exact) mass is 631 g/mol. The number of rotatable bonds is 21. The Hall–Kier alpha value is -2.38. The molecular weight excluding hydrogens is 580 g/mol. The molecule has 252 valence electrons. The van der Waals surface area contributed by atoms with Gasteiger partial charge in [-0.05, 0) is 31.7 Å². The highest BCUT2D eigenvalue weighted by atomic mass is 19.3. The average molecular weight is 632 g/mol. The quantitative estimate of drug-likeness (QED) is 0.140. The molecule has 0 spiro atoms. The Balaban J connectivity index is 2.27. The second kappa shape index (κ2) is 20.6. The number of carbonyl (C=O) groups is 2. The van der Waals surface area contributed by atoms with Gasteiger partial charge in [0.15, 0.2) is 0 Å². The van der Waals surface area contributed by atoms with Gasteiger partial charge in [0.25, 0.3) is 5.92 Å². The molecule has 1 amide bonds. The highest BCUT2D eigenvalue weighted by Crippen LogP contribution is 2.37. The maximum absolute atomic E-state index is 16.1. The fourth-order valence-corrected chi connectivity index (χ4v) is 4.71. The van der Waals surface area contributed by atoms with Crippen LogP contribution in [-0.2, 0) is 39.8 Å². The summed E-state index contributed by atoms with van der Waals surface area (Å²) in [6.07, 6.45) is -4.41. The van der Waals surface area contributed by atoms with Crippen LogP contribution in [0.1, 0.15) is 78.2 Å². The number of amides is 1. The second-order valence-corrected chi connectivity index (χ2v) is 10.9. The molecule has 1 aliphatic rings. The first-order chi connectivity index (χ1) is 21.2. The van der Waals surface area contributed by atoms with E-state index in [0.717, 1.165) is 32.1 Å². The number of alkyl halides is 2. The van der Waals surface area contributed by atoms with Crippen LogP contribution in [-0.4, -0.2) is 92.7 Å². The molecule has 6 atom stereocenters. The molecule has 0 saturated carbocycles. The maximum atomic E-state index is 16.1. The number of esters is 1. The molecule has 1 heterocycles. The van der Waals surface area contributed by atoms with Gasteiger partial charge in [-0.25, -0.2) is 18.4 Å². The molecule has 1 aromatic rings. The van der Waals surface area contributed by atoms with E-state index in [1.807, 2.05) is 20.8 Å². The molecule has 1 unspecified atom stereocenters. The summed E-state index contributed by atoms with van der Waals surface area (Å²) in [6, 6.07) is 7.00. The van der Waals surface area contributed by atoms with Crippen LogP contribution in [0.5, 0.6) is 0 Å². The number of unbranched alkanes of at least 4 members (excludes halogenated alkanes) is 3. The predicted molar refractivity (Wildman–Crippen MR) is 159 cm³/mol. The maximum Gasteiger partial charge on any atom is 0.408 e. The van der Waals surface area contributed by atoms with Crippen molar-refractivity contribution in [1.29, 1.82) is 0 Å². The van der Waals surface area contributed by atoms with Crippen LogP contribution in [0.25, 0.3) is 0 Å². The van der Waals surface area contributed by atoms with E-state index in [4.69, 9.17) is 28.4 Å². The van der Waals surface area contributed by atoms with Crippen LogP contribution < -0.4 is 5.32 Å². The summed E-state index contributed by atoms with van der Waals surface area (Å²) < 4.78 is 65.9. The first-order valence-corrected chi connectivity index (χ1v) is 15.8. The van der Waals surface area contributed by atoms with Gasteiger partial charge in [-0.1, -0.05) is 70.4 Å². The lowest BCUT2D eigenvalue weighted by Crippen LogP contribution is -2.65. The van der Waals surface area contributed by atoms with Gasteiger partial charge in [0.2, 0.25) is 0 Å². The number of aliphatic hydroxyl groups is 1. The Labute approximate surface area is 260 Å². The van der Waals surface area contributed by atoms with Crippen molar-refractivity contribution < 1.29 is 51.9 Å². The van der Waals surface area contributed by atoms with Crippen LogP contribution >= 0.6 is 0 Å². The number of aliphatic hydroxyl groups excluding tert-OH is 1. The van der Waals surface area contributed by atoms with Gasteiger partial charge in [0, 0.05) is 26.2 Å². The highest BCUT2D eigenvalue weighted by Gasteiger charge is 2.57. The summed E-state index contributed by atoms with van der Waals surface area (Å²) in [5.74, 6) is -4.88. The molecule has 1 fully saturated rings. The number of carbonyl (C=O) groups excluding carboxylic acids is 2. The number of nitrogens with one attached hydrogen (secondary N) is 1. The van der Waals surface area contributed by atoms with Crippen LogP contribution in [0.4, 0.5) is 13.6 Å². The molecule has 1 saturated heterocycles. The Bertz CT molecular complexity index is 940. The minimum atomic E-state index is -3.81. The summed E-state index contributed by atoms with van der Waals surface area (Å²) in [7, 11) is 0. The largest absolute Gasteiger partial charge is 0.464 e. The lowest BCUT2D eigenvalue weighted by molar-refractivity contribution is -0.298. The van der Waals surface area contributed by atoms with Crippen molar-refractivity contribution in [2.45, 2.75) is 122 Å². The molecule has 1 aromatic carbocycles. The SMILES string of the molecule is CCCCOC[C@H]1O[C@H](C(F)(F)CC(NC(=O)OCc2ccccc2)C(=O)OCC)[C@H](O)[C@@H](OCCCC)[C@H]1OCCCC. The number of benzene rings is 1. The van der Waals surface area contributed by atoms with Crippen molar-refractivity contribution in [3.05, 3.63) is 35.9 Å². The van der Waals surface area contributed by atoms with E-state index in [2.05, 4.69) is 5.32 Å². The molecule has 0 aromatic heterocycles. The van der Waals surface area contributed by atoms with E-state index < -0.39 is 61.0 Å². The minimum Gasteiger partial charge on any atom is -0.464 e. The summed E-state index contributed by atoms with van der Waals surface area (Å²) in [6.45, 7) is 8.20. The Morgan fingerprint density at radius 3 is 2.16 bits per heavy atom. The van der Waals surface area contributed by atoms with Gasteiger partial charge in [-0.2, -0.15) is 0 Å². The van der Waals surface area contributed by atoms with E-state index in [-0.39, 0.29) is 26.4 Å². The summed E-state index contributed by atoms with van der Waals surface area (Å²) in [5.41, 5.74) is 0.677. The molecule has 0 aliphatic carbocycles. The highest BCUT2D eigenvalue weighted by molar-refractivity contribution is 5.81. The number of hydrogen-bond acceptors (Lipinski definition) is 9. The van der Waals surface area contributed by atoms with E-state index >= 15 is 8.78 Å². The van der Waals surface area contributed by atoms with Crippen molar-refractivity contribution in [2.24, 2.45) is 0 Å². The third-order valence-electron chi connectivity index (χ3n) is 7.17. The fraction of sp³-hybridized carbons (Fsp3) is 0.750. The van der Waals surface area contributed by atoms with Gasteiger partial charge in [-0.15, -0.1) is 0 Å². The minimum absolute atomic E-state index is 0.0465. The zero-order chi connectivity index (χ0) is 32.4. The van der Waals surface area contributed by atoms with Gasteiger partial charge >= 0.3 is 12.1 Å². The van der Waals surface area contributed by atoms with E-state index in [0.29, 0.717) is 25.2 Å². The summed E-state index contributed by atoms with van der Waals surface area (Å²) in [4.78, 5) is 25.2. The first kappa shape index (κ1) is 37.8. The van der Waals surface area contributed by atoms with Crippen LogP contribution in [0.15, 0.2) is 30.3 Å². The Morgan fingerprint density at radius 2 is 1.55 bits per heavy atom. The third kappa shape index (κ3) is 12.5. The molecular formula is C32H51F2NO9. The van der Waals surface area contributed by atoms with Gasteiger partial charge in [0.05, 0.1) is 13.2 Å². The van der Waals surface area contributed by atoms with Crippen molar-refractivity contribution in [3.63, 3.8) is 0 Å². The molecule has 2 N–H and O–H groups in total. The van der Waals surface area contributed by atoms with E-state index in [1.165, 1.54) is 6.92 Å².